The van der Waals surface area contributed by atoms with E-state index in [2.05, 4.69) is 45.0 Å². The van der Waals surface area contributed by atoms with E-state index in [0.29, 0.717) is 0 Å². The molecule has 25 heavy (non-hydrogen) atoms. The van der Waals surface area contributed by atoms with Crippen LogP contribution in [0.25, 0.3) is 10.4 Å². The number of thiophene rings is 1. The van der Waals surface area contributed by atoms with E-state index < -0.39 is 6.29 Å². The van der Waals surface area contributed by atoms with Crippen LogP contribution in [0.4, 0.5) is 0 Å². The maximum Gasteiger partial charge on any atom is 0.183 e. The number of rotatable bonds is 3. The van der Waals surface area contributed by atoms with Crippen molar-refractivity contribution in [3.8, 4) is 10.4 Å². The summed E-state index contributed by atoms with van der Waals surface area (Å²) in [7, 11) is 0. The molecule has 3 heteroatoms. The highest BCUT2D eigenvalue weighted by molar-refractivity contribution is 7.16. The first-order valence-electron chi connectivity index (χ1n) is 9.13. The predicted molar refractivity (Wildman–Crippen MR) is 106 cm³/mol. The van der Waals surface area contributed by atoms with E-state index in [-0.39, 0.29) is 11.0 Å². The Bertz CT molecular complexity index is 748. The smallest absolute Gasteiger partial charge is 0.183 e. The molecule has 1 N–H and O–H groups in total. The maximum atomic E-state index is 11.0. The minimum absolute atomic E-state index is 0.273. The first kappa shape index (κ1) is 18.6. The van der Waals surface area contributed by atoms with Crippen LogP contribution in [-0.4, -0.2) is 10.7 Å². The summed E-state index contributed by atoms with van der Waals surface area (Å²) in [6.07, 6.45) is 2.41. The highest BCUT2D eigenvalue weighted by Gasteiger charge is 2.34. The van der Waals surface area contributed by atoms with Gasteiger partial charge >= 0.3 is 0 Å². The summed E-state index contributed by atoms with van der Waals surface area (Å²) in [6, 6.07) is 8.59. The van der Waals surface area contributed by atoms with Crippen LogP contribution in [0.3, 0.4) is 0 Å². The molecule has 0 amide bonds. The minimum atomic E-state index is -0.884. The van der Waals surface area contributed by atoms with Gasteiger partial charge in [0.25, 0.3) is 0 Å². The molecule has 1 aromatic heterocycles. The molecule has 1 aliphatic rings. The summed E-state index contributed by atoms with van der Waals surface area (Å²) < 4.78 is 5.96. The Kier molecular flexibility index (Phi) is 4.87. The molecule has 136 valence electrons. The molecule has 0 fully saturated rings. The number of aliphatic hydroxyl groups is 1. The van der Waals surface area contributed by atoms with Crippen LogP contribution in [0.1, 0.15) is 68.9 Å². The second-order valence-electron chi connectivity index (χ2n) is 9.04. The van der Waals surface area contributed by atoms with Crippen molar-refractivity contribution in [2.75, 3.05) is 0 Å². The number of fused-ring (bicyclic) bond motifs is 1. The second-order valence-corrected chi connectivity index (χ2v) is 10.1. The van der Waals surface area contributed by atoms with E-state index in [1.54, 1.807) is 0 Å². The molecular weight excluding hydrogens is 328 g/mol. The highest BCUT2D eigenvalue weighted by Crippen LogP contribution is 2.47. The summed E-state index contributed by atoms with van der Waals surface area (Å²) in [4.78, 5) is 2.58. The van der Waals surface area contributed by atoms with Gasteiger partial charge in [0.2, 0.25) is 0 Å². The molecule has 0 saturated carbocycles. The quantitative estimate of drug-likeness (QED) is 0.677. The molecule has 0 spiro atoms. The monoisotopic (exact) mass is 358 g/mol. The van der Waals surface area contributed by atoms with E-state index in [1.165, 1.54) is 32.9 Å². The Morgan fingerprint density at radius 1 is 1.16 bits per heavy atom. The van der Waals surface area contributed by atoms with Crippen LogP contribution in [0, 0.1) is 12.3 Å². The predicted octanol–water partition coefficient (Wildman–Crippen LogP) is 6.04. The molecule has 0 aliphatic heterocycles. The summed E-state index contributed by atoms with van der Waals surface area (Å²) in [5.41, 5.74) is 4.62. The number of aliphatic hydroxyl groups excluding tert-OH is 1. The summed E-state index contributed by atoms with van der Waals surface area (Å²) in [5, 5.41) is 11.0. The summed E-state index contributed by atoms with van der Waals surface area (Å²) in [5.74, 6) is 0. The number of hydrogen-bond donors (Lipinski definition) is 1. The second kappa shape index (κ2) is 6.53. The van der Waals surface area contributed by atoms with Crippen LogP contribution in [0.5, 0.6) is 0 Å². The third kappa shape index (κ3) is 4.16. The van der Waals surface area contributed by atoms with E-state index >= 15 is 0 Å². The van der Waals surface area contributed by atoms with Crippen molar-refractivity contribution in [2.45, 2.75) is 72.7 Å². The molecular formula is C22H30O2S. The van der Waals surface area contributed by atoms with Gasteiger partial charge in [0.15, 0.2) is 6.29 Å². The molecule has 1 unspecified atom stereocenters. The van der Waals surface area contributed by atoms with E-state index in [4.69, 9.17) is 4.74 Å². The van der Waals surface area contributed by atoms with E-state index in [1.807, 2.05) is 32.1 Å². The summed E-state index contributed by atoms with van der Waals surface area (Å²) >= 11 is 1.84. The van der Waals surface area contributed by atoms with Crippen molar-refractivity contribution in [3.63, 3.8) is 0 Å². The lowest BCUT2D eigenvalue weighted by atomic mass is 9.75. The Morgan fingerprint density at radius 3 is 2.40 bits per heavy atom. The zero-order chi connectivity index (χ0) is 18.4. The SMILES string of the molecule is Cc1ccc(-c2sc3c(c2C(O)OC(C)(C)C)CC(C)(C)CC3)cc1. The first-order chi connectivity index (χ1) is 11.6. The first-order valence-corrected chi connectivity index (χ1v) is 9.95. The van der Waals surface area contributed by atoms with Gasteiger partial charge in [-0.3, -0.25) is 0 Å². The number of ether oxygens (including phenoxy) is 1. The fourth-order valence-electron chi connectivity index (χ4n) is 3.52. The van der Waals surface area contributed by atoms with Crippen molar-refractivity contribution in [2.24, 2.45) is 5.41 Å². The van der Waals surface area contributed by atoms with Gasteiger partial charge in [-0.15, -0.1) is 11.3 Å². The number of benzene rings is 1. The highest BCUT2D eigenvalue weighted by atomic mass is 32.1. The molecule has 0 bridgehead atoms. The van der Waals surface area contributed by atoms with Crippen LogP contribution in [0.15, 0.2) is 24.3 Å². The average molecular weight is 359 g/mol. The van der Waals surface area contributed by atoms with Crippen molar-refractivity contribution in [3.05, 3.63) is 45.8 Å². The lowest BCUT2D eigenvalue weighted by Crippen LogP contribution is -2.25. The van der Waals surface area contributed by atoms with Crippen LogP contribution >= 0.6 is 11.3 Å². The van der Waals surface area contributed by atoms with Gasteiger partial charge < -0.3 is 9.84 Å². The molecule has 1 atom stereocenters. The van der Waals surface area contributed by atoms with Crippen molar-refractivity contribution < 1.29 is 9.84 Å². The van der Waals surface area contributed by atoms with Crippen LogP contribution in [-0.2, 0) is 17.6 Å². The Labute approximate surface area is 155 Å². The fourth-order valence-corrected chi connectivity index (χ4v) is 4.86. The standard InChI is InChI=1S/C22H30O2S/c1-14-7-9-15(10-8-14)19-18(20(23)24-21(2,3)4)16-13-22(5,6)12-11-17(16)25-19/h7-10,20,23H,11-13H2,1-6H3. The molecule has 0 saturated heterocycles. The molecule has 2 aromatic rings. The zero-order valence-electron chi connectivity index (χ0n) is 16.3. The van der Waals surface area contributed by atoms with Crippen molar-refractivity contribution >= 4 is 11.3 Å². The van der Waals surface area contributed by atoms with E-state index in [0.717, 1.165) is 18.4 Å². The molecule has 0 radical (unpaired) electrons. The number of hydrogen-bond acceptors (Lipinski definition) is 3. The normalized spacial score (nSPS) is 18.0. The topological polar surface area (TPSA) is 29.5 Å². The van der Waals surface area contributed by atoms with Gasteiger partial charge in [-0.1, -0.05) is 43.7 Å². The van der Waals surface area contributed by atoms with Crippen molar-refractivity contribution in [1.29, 1.82) is 0 Å². The molecule has 1 aromatic carbocycles. The fraction of sp³-hybridized carbons (Fsp3) is 0.545. The number of aryl methyl sites for hydroxylation is 2. The molecule has 3 rings (SSSR count). The minimum Gasteiger partial charge on any atom is -0.364 e. The molecule has 2 nitrogen and oxygen atoms in total. The van der Waals surface area contributed by atoms with Gasteiger partial charge in [0, 0.05) is 15.3 Å². The van der Waals surface area contributed by atoms with Gasteiger partial charge in [0.05, 0.1) is 5.60 Å². The lowest BCUT2D eigenvalue weighted by molar-refractivity contribution is -0.169. The Hall–Kier alpha value is -1.16. The zero-order valence-corrected chi connectivity index (χ0v) is 17.1. The maximum absolute atomic E-state index is 11.0. The molecule has 1 heterocycles. The van der Waals surface area contributed by atoms with Gasteiger partial charge in [-0.05, 0) is 63.5 Å². The largest absolute Gasteiger partial charge is 0.364 e. The Balaban J connectivity index is 2.11. The average Bonchev–Trinajstić information content (AvgIpc) is 2.83. The molecule has 1 aliphatic carbocycles. The van der Waals surface area contributed by atoms with E-state index in [9.17, 15) is 5.11 Å². The Morgan fingerprint density at radius 2 is 1.80 bits per heavy atom. The lowest BCUT2D eigenvalue weighted by Gasteiger charge is -2.31. The summed E-state index contributed by atoms with van der Waals surface area (Å²) in [6.45, 7) is 12.7. The van der Waals surface area contributed by atoms with Gasteiger partial charge in [0.1, 0.15) is 0 Å². The van der Waals surface area contributed by atoms with Gasteiger partial charge in [-0.25, -0.2) is 0 Å². The third-order valence-electron chi connectivity index (χ3n) is 4.84. The van der Waals surface area contributed by atoms with Crippen LogP contribution < -0.4 is 0 Å². The van der Waals surface area contributed by atoms with Crippen LogP contribution in [0.2, 0.25) is 0 Å². The third-order valence-corrected chi connectivity index (χ3v) is 6.20. The van der Waals surface area contributed by atoms with Crippen molar-refractivity contribution in [1.82, 2.24) is 0 Å². The van der Waals surface area contributed by atoms with Gasteiger partial charge in [-0.2, -0.15) is 0 Å².